The number of alkyl halides is 3. The lowest BCUT2D eigenvalue weighted by Gasteiger charge is -2.23. The molecular formula is C8H13Cl3O. The Morgan fingerprint density at radius 1 is 1.08 bits per heavy atom. The summed E-state index contributed by atoms with van der Waals surface area (Å²) in [5, 5.41) is 0. The van der Waals surface area contributed by atoms with E-state index in [-0.39, 0.29) is 6.61 Å². The van der Waals surface area contributed by atoms with E-state index in [2.05, 4.69) is 0 Å². The highest BCUT2D eigenvalue weighted by Crippen LogP contribution is 2.28. The van der Waals surface area contributed by atoms with Crippen LogP contribution in [0.15, 0.2) is 0 Å². The highest BCUT2D eigenvalue weighted by atomic mass is 35.6. The molecule has 0 aromatic rings. The van der Waals surface area contributed by atoms with Crippen LogP contribution in [0.4, 0.5) is 0 Å². The SMILES string of the molecule is ClC(Cl)(Cl)COC1CCCCC1. The standard InChI is InChI=1S/C8H13Cl3O/c9-8(10,11)6-12-7-4-2-1-3-5-7/h7H,1-6H2. The van der Waals surface area contributed by atoms with Gasteiger partial charge in [-0.3, -0.25) is 0 Å². The molecule has 0 N–H and O–H groups in total. The third kappa shape index (κ3) is 4.76. The van der Waals surface area contributed by atoms with E-state index < -0.39 is 3.79 Å². The highest BCUT2D eigenvalue weighted by molar-refractivity contribution is 6.67. The van der Waals surface area contributed by atoms with E-state index in [1.165, 1.54) is 19.3 Å². The lowest BCUT2D eigenvalue weighted by Crippen LogP contribution is -2.22. The maximum atomic E-state index is 5.56. The minimum Gasteiger partial charge on any atom is -0.374 e. The van der Waals surface area contributed by atoms with Gasteiger partial charge in [-0.2, -0.15) is 0 Å². The molecule has 12 heavy (non-hydrogen) atoms. The fraction of sp³-hybridized carbons (Fsp3) is 1.00. The number of ether oxygens (including phenoxy) is 1. The van der Waals surface area contributed by atoms with Crippen molar-refractivity contribution in [2.24, 2.45) is 0 Å². The van der Waals surface area contributed by atoms with Crippen molar-refractivity contribution in [3.63, 3.8) is 0 Å². The van der Waals surface area contributed by atoms with Crippen LogP contribution < -0.4 is 0 Å². The summed E-state index contributed by atoms with van der Waals surface area (Å²) in [5.74, 6) is 0. The smallest absolute Gasteiger partial charge is 0.213 e. The van der Waals surface area contributed by atoms with Crippen LogP contribution in [0.3, 0.4) is 0 Å². The Bertz CT molecular complexity index is 127. The molecule has 1 aliphatic carbocycles. The van der Waals surface area contributed by atoms with Gasteiger partial charge in [-0.15, -0.1) is 0 Å². The fourth-order valence-corrected chi connectivity index (χ4v) is 1.63. The van der Waals surface area contributed by atoms with E-state index in [1.807, 2.05) is 0 Å². The summed E-state index contributed by atoms with van der Waals surface area (Å²) in [6, 6.07) is 0. The zero-order chi connectivity index (χ0) is 9.03. The average Bonchev–Trinajstić information content (AvgIpc) is 2.02. The molecule has 0 unspecified atom stereocenters. The summed E-state index contributed by atoms with van der Waals surface area (Å²) in [6.45, 7) is 0.211. The predicted molar refractivity (Wildman–Crippen MR) is 53.1 cm³/mol. The third-order valence-electron chi connectivity index (χ3n) is 2.03. The van der Waals surface area contributed by atoms with Crippen molar-refractivity contribution in [1.82, 2.24) is 0 Å². The van der Waals surface area contributed by atoms with Crippen molar-refractivity contribution in [3.05, 3.63) is 0 Å². The molecular weight excluding hydrogens is 218 g/mol. The topological polar surface area (TPSA) is 9.23 Å². The van der Waals surface area contributed by atoms with Crippen molar-refractivity contribution in [2.45, 2.75) is 42.0 Å². The Balaban J connectivity index is 2.13. The molecule has 1 aliphatic rings. The number of hydrogen-bond donors (Lipinski definition) is 0. The van der Waals surface area contributed by atoms with Gasteiger partial charge in [-0.05, 0) is 12.8 Å². The van der Waals surface area contributed by atoms with Crippen LogP contribution in [0.2, 0.25) is 0 Å². The zero-order valence-corrected chi connectivity index (χ0v) is 9.13. The first-order valence-corrected chi connectivity index (χ1v) is 5.40. The number of rotatable bonds is 2. The molecule has 72 valence electrons. The van der Waals surface area contributed by atoms with E-state index in [4.69, 9.17) is 39.5 Å². The Labute approximate surface area is 88.3 Å². The first-order chi connectivity index (χ1) is 5.58. The fourth-order valence-electron chi connectivity index (χ4n) is 1.44. The van der Waals surface area contributed by atoms with Crippen molar-refractivity contribution in [1.29, 1.82) is 0 Å². The van der Waals surface area contributed by atoms with Gasteiger partial charge in [0.25, 0.3) is 0 Å². The molecule has 0 radical (unpaired) electrons. The van der Waals surface area contributed by atoms with Crippen LogP contribution in [-0.2, 0) is 4.74 Å². The second-order valence-corrected chi connectivity index (χ2v) is 5.70. The van der Waals surface area contributed by atoms with Crippen LogP contribution in [-0.4, -0.2) is 16.5 Å². The summed E-state index contributed by atoms with van der Waals surface area (Å²) in [7, 11) is 0. The normalized spacial score (nSPS) is 21.2. The monoisotopic (exact) mass is 230 g/mol. The van der Waals surface area contributed by atoms with Crippen LogP contribution in [0, 0.1) is 0 Å². The molecule has 0 atom stereocenters. The van der Waals surface area contributed by atoms with Gasteiger partial charge in [0.2, 0.25) is 3.79 Å². The van der Waals surface area contributed by atoms with Crippen molar-refractivity contribution >= 4 is 34.8 Å². The summed E-state index contributed by atoms with van der Waals surface area (Å²) >= 11 is 16.7. The lowest BCUT2D eigenvalue weighted by atomic mass is 9.98. The molecule has 1 fully saturated rings. The summed E-state index contributed by atoms with van der Waals surface area (Å²) in [5.41, 5.74) is 0. The minimum absolute atomic E-state index is 0.211. The molecule has 1 saturated carbocycles. The number of hydrogen-bond acceptors (Lipinski definition) is 1. The molecule has 0 heterocycles. The van der Waals surface area contributed by atoms with Gasteiger partial charge in [-0.25, -0.2) is 0 Å². The van der Waals surface area contributed by atoms with E-state index in [0.717, 1.165) is 12.8 Å². The van der Waals surface area contributed by atoms with Crippen LogP contribution >= 0.6 is 34.8 Å². The first-order valence-electron chi connectivity index (χ1n) is 4.26. The van der Waals surface area contributed by atoms with Gasteiger partial charge in [0.05, 0.1) is 12.7 Å². The van der Waals surface area contributed by atoms with Crippen molar-refractivity contribution < 1.29 is 4.74 Å². The molecule has 1 rings (SSSR count). The van der Waals surface area contributed by atoms with Gasteiger partial charge in [-0.1, -0.05) is 54.1 Å². The summed E-state index contributed by atoms with van der Waals surface area (Å²) in [4.78, 5) is 0. The Morgan fingerprint density at radius 2 is 1.67 bits per heavy atom. The minimum atomic E-state index is -1.25. The Hall–Kier alpha value is 0.830. The third-order valence-corrected chi connectivity index (χ3v) is 2.36. The van der Waals surface area contributed by atoms with Gasteiger partial charge in [0.15, 0.2) is 0 Å². The van der Waals surface area contributed by atoms with Crippen molar-refractivity contribution in [2.75, 3.05) is 6.61 Å². The predicted octanol–water partition coefficient (Wildman–Crippen LogP) is 3.71. The van der Waals surface area contributed by atoms with E-state index >= 15 is 0 Å². The van der Waals surface area contributed by atoms with Gasteiger partial charge in [0, 0.05) is 0 Å². The quantitative estimate of drug-likeness (QED) is 0.659. The molecule has 0 amide bonds. The molecule has 0 aliphatic heterocycles. The van der Waals surface area contributed by atoms with E-state index in [1.54, 1.807) is 0 Å². The molecule has 0 bridgehead atoms. The maximum Gasteiger partial charge on any atom is 0.213 e. The van der Waals surface area contributed by atoms with E-state index in [0.29, 0.717) is 6.10 Å². The molecule has 0 aromatic carbocycles. The maximum absolute atomic E-state index is 5.56. The zero-order valence-electron chi connectivity index (χ0n) is 6.86. The molecule has 0 spiro atoms. The van der Waals surface area contributed by atoms with Crippen LogP contribution in [0.5, 0.6) is 0 Å². The highest BCUT2D eigenvalue weighted by Gasteiger charge is 2.23. The number of halogens is 3. The summed E-state index contributed by atoms with van der Waals surface area (Å²) in [6.07, 6.45) is 6.33. The van der Waals surface area contributed by atoms with Gasteiger partial charge in [0.1, 0.15) is 0 Å². The molecule has 4 heteroatoms. The molecule has 0 aromatic heterocycles. The second-order valence-electron chi connectivity index (χ2n) is 3.19. The summed E-state index contributed by atoms with van der Waals surface area (Å²) < 4.78 is 4.20. The van der Waals surface area contributed by atoms with Crippen LogP contribution in [0.25, 0.3) is 0 Å². The molecule has 1 nitrogen and oxygen atoms in total. The molecule has 0 saturated heterocycles. The van der Waals surface area contributed by atoms with Crippen molar-refractivity contribution in [3.8, 4) is 0 Å². The van der Waals surface area contributed by atoms with Crippen LogP contribution in [0.1, 0.15) is 32.1 Å². The lowest BCUT2D eigenvalue weighted by molar-refractivity contribution is 0.0315. The van der Waals surface area contributed by atoms with E-state index in [9.17, 15) is 0 Å². The second kappa shape index (κ2) is 4.90. The van der Waals surface area contributed by atoms with Gasteiger partial charge < -0.3 is 4.74 Å². The Kier molecular flexibility index (Phi) is 4.45. The van der Waals surface area contributed by atoms with Gasteiger partial charge >= 0.3 is 0 Å². The average molecular weight is 232 g/mol. The Morgan fingerprint density at radius 3 is 2.17 bits per heavy atom. The first kappa shape index (κ1) is 10.9. The largest absolute Gasteiger partial charge is 0.374 e.